The number of para-hydroxylation sites is 1. The van der Waals surface area contributed by atoms with Gasteiger partial charge in [0.1, 0.15) is 16.4 Å². The van der Waals surface area contributed by atoms with Gasteiger partial charge < -0.3 is 15.1 Å². The van der Waals surface area contributed by atoms with Crippen LogP contribution in [-0.2, 0) is 6.54 Å². The van der Waals surface area contributed by atoms with E-state index in [1.54, 1.807) is 6.20 Å². The zero-order chi connectivity index (χ0) is 15.5. The fourth-order valence-corrected chi connectivity index (χ4v) is 2.96. The van der Waals surface area contributed by atoms with E-state index < -0.39 is 0 Å². The zero-order valence-electron chi connectivity index (χ0n) is 12.4. The van der Waals surface area contributed by atoms with Crippen molar-refractivity contribution in [1.29, 1.82) is 0 Å². The molecule has 0 fully saturated rings. The summed E-state index contributed by atoms with van der Waals surface area (Å²) in [6.07, 6.45) is 1.73. The third kappa shape index (κ3) is 2.96. The molecule has 0 radical (unpaired) electrons. The van der Waals surface area contributed by atoms with Crippen LogP contribution in [0.25, 0.3) is 11.0 Å². The first-order valence-electron chi connectivity index (χ1n) is 7.06. The molecule has 0 spiro atoms. The highest BCUT2D eigenvalue weighted by atomic mass is 32.1. The van der Waals surface area contributed by atoms with Gasteiger partial charge in [0.05, 0.1) is 12.6 Å². The minimum atomic E-state index is -0.234. The van der Waals surface area contributed by atoms with Crippen LogP contribution >= 0.6 is 11.3 Å². The largest absolute Gasteiger partial charge is 0.459 e. The Morgan fingerprint density at radius 3 is 2.95 bits per heavy atom. The molecule has 5 nitrogen and oxygen atoms in total. The molecule has 2 amide bonds. The van der Waals surface area contributed by atoms with Gasteiger partial charge in [-0.05, 0) is 19.9 Å². The molecule has 0 aliphatic heterocycles. The van der Waals surface area contributed by atoms with Crippen molar-refractivity contribution >= 4 is 28.3 Å². The van der Waals surface area contributed by atoms with Gasteiger partial charge in [-0.3, -0.25) is 0 Å². The van der Waals surface area contributed by atoms with E-state index in [-0.39, 0.29) is 12.1 Å². The van der Waals surface area contributed by atoms with Crippen LogP contribution in [0.4, 0.5) is 4.79 Å². The smallest absolute Gasteiger partial charge is 0.315 e. The van der Waals surface area contributed by atoms with Crippen molar-refractivity contribution in [3.63, 3.8) is 0 Å². The minimum Gasteiger partial charge on any atom is -0.459 e. The standard InChI is InChI=1S/C16H17N3O2S/c1-10-12-5-3-4-6-13(12)21-14(10)9-18-16(20)19-11(2)15-17-7-8-22-15/h3-8,11H,9H2,1-2H3,(H2,18,19,20). The Kier molecular flexibility index (Phi) is 4.11. The molecule has 0 bridgehead atoms. The molecule has 0 saturated heterocycles. The first kappa shape index (κ1) is 14.6. The molecule has 2 N–H and O–H groups in total. The summed E-state index contributed by atoms with van der Waals surface area (Å²) in [5.74, 6) is 0.776. The highest BCUT2D eigenvalue weighted by Gasteiger charge is 2.13. The maximum Gasteiger partial charge on any atom is 0.315 e. The van der Waals surface area contributed by atoms with E-state index >= 15 is 0 Å². The van der Waals surface area contributed by atoms with Crippen LogP contribution in [0.15, 0.2) is 40.3 Å². The normalized spacial score (nSPS) is 12.3. The van der Waals surface area contributed by atoms with Crippen molar-refractivity contribution in [1.82, 2.24) is 15.6 Å². The molecular weight excluding hydrogens is 298 g/mol. The lowest BCUT2D eigenvalue weighted by molar-refractivity contribution is 0.236. The molecule has 114 valence electrons. The number of rotatable bonds is 4. The van der Waals surface area contributed by atoms with Gasteiger partial charge in [0, 0.05) is 22.5 Å². The van der Waals surface area contributed by atoms with Gasteiger partial charge in [0.2, 0.25) is 0 Å². The van der Waals surface area contributed by atoms with Crippen LogP contribution in [0, 0.1) is 6.92 Å². The number of carbonyl (C=O) groups is 1. The number of nitrogens with zero attached hydrogens (tertiary/aromatic N) is 1. The van der Waals surface area contributed by atoms with Gasteiger partial charge in [0.15, 0.2) is 0 Å². The number of thiazole rings is 1. The average molecular weight is 315 g/mol. The van der Waals surface area contributed by atoms with Gasteiger partial charge in [-0.2, -0.15) is 0 Å². The van der Waals surface area contributed by atoms with E-state index in [9.17, 15) is 4.79 Å². The summed E-state index contributed by atoms with van der Waals surface area (Å²) in [4.78, 5) is 16.1. The Labute approximate surface area is 132 Å². The minimum absolute atomic E-state index is 0.114. The molecule has 1 unspecified atom stereocenters. The molecule has 0 aliphatic carbocycles. The number of aromatic nitrogens is 1. The van der Waals surface area contributed by atoms with Crippen LogP contribution in [0.1, 0.15) is 29.3 Å². The Hall–Kier alpha value is -2.34. The third-order valence-electron chi connectivity index (χ3n) is 3.52. The molecule has 6 heteroatoms. The van der Waals surface area contributed by atoms with Gasteiger partial charge in [-0.15, -0.1) is 11.3 Å². The number of hydrogen-bond donors (Lipinski definition) is 2. The number of urea groups is 1. The molecule has 1 atom stereocenters. The van der Waals surface area contributed by atoms with Gasteiger partial charge in [-0.25, -0.2) is 9.78 Å². The number of fused-ring (bicyclic) bond motifs is 1. The number of furan rings is 1. The Balaban J connectivity index is 1.61. The first-order chi connectivity index (χ1) is 10.6. The van der Waals surface area contributed by atoms with Crippen LogP contribution in [-0.4, -0.2) is 11.0 Å². The van der Waals surface area contributed by atoms with Crippen LogP contribution in [0.5, 0.6) is 0 Å². The second-order valence-electron chi connectivity index (χ2n) is 5.07. The lowest BCUT2D eigenvalue weighted by Crippen LogP contribution is -2.36. The summed E-state index contributed by atoms with van der Waals surface area (Å²) in [6.45, 7) is 4.26. The van der Waals surface area contributed by atoms with Crippen molar-refractivity contribution in [2.45, 2.75) is 26.4 Å². The van der Waals surface area contributed by atoms with Crippen LogP contribution in [0.3, 0.4) is 0 Å². The van der Waals surface area contributed by atoms with Gasteiger partial charge >= 0.3 is 6.03 Å². The number of carbonyl (C=O) groups excluding carboxylic acids is 1. The predicted octanol–water partition coefficient (Wildman–Crippen LogP) is 3.76. The van der Waals surface area contributed by atoms with E-state index in [0.717, 1.165) is 27.3 Å². The molecule has 2 aromatic heterocycles. The predicted molar refractivity (Wildman–Crippen MR) is 86.9 cm³/mol. The fourth-order valence-electron chi connectivity index (χ4n) is 2.31. The summed E-state index contributed by atoms with van der Waals surface area (Å²) in [7, 11) is 0. The van der Waals surface area contributed by atoms with Crippen LogP contribution < -0.4 is 10.6 Å². The number of amides is 2. The Morgan fingerprint density at radius 1 is 1.41 bits per heavy atom. The third-order valence-corrected chi connectivity index (χ3v) is 4.48. The average Bonchev–Trinajstić information content (AvgIpc) is 3.14. The van der Waals surface area contributed by atoms with Gasteiger partial charge in [-0.1, -0.05) is 18.2 Å². The number of hydrogen-bond acceptors (Lipinski definition) is 4. The van der Waals surface area contributed by atoms with Crippen molar-refractivity contribution in [3.8, 4) is 0 Å². The maximum absolute atomic E-state index is 12.0. The quantitative estimate of drug-likeness (QED) is 0.770. The summed E-state index contributed by atoms with van der Waals surface area (Å²) < 4.78 is 5.77. The van der Waals surface area contributed by atoms with Crippen molar-refractivity contribution in [2.24, 2.45) is 0 Å². The molecular formula is C16H17N3O2S. The summed E-state index contributed by atoms with van der Waals surface area (Å²) in [5, 5.41) is 9.54. The van der Waals surface area contributed by atoms with E-state index in [0.29, 0.717) is 6.54 Å². The highest BCUT2D eigenvalue weighted by Crippen LogP contribution is 2.24. The lowest BCUT2D eigenvalue weighted by Gasteiger charge is -2.11. The first-order valence-corrected chi connectivity index (χ1v) is 7.94. The molecule has 1 aromatic carbocycles. The highest BCUT2D eigenvalue weighted by molar-refractivity contribution is 7.09. The van der Waals surface area contributed by atoms with Crippen molar-refractivity contribution in [3.05, 3.63) is 52.2 Å². The molecule has 22 heavy (non-hydrogen) atoms. The van der Waals surface area contributed by atoms with Crippen molar-refractivity contribution < 1.29 is 9.21 Å². The summed E-state index contributed by atoms with van der Waals surface area (Å²) >= 11 is 1.52. The Bertz CT molecular complexity index is 780. The van der Waals surface area contributed by atoms with Crippen LogP contribution in [0.2, 0.25) is 0 Å². The second-order valence-corrected chi connectivity index (χ2v) is 5.99. The summed E-state index contributed by atoms with van der Waals surface area (Å²) in [5.41, 5.74) is 1.90. The zero-order valence-corrected chi connectivity index (χ0v) is 13.2. The molecule has 2 heterocycles. The fraction of sp³-hybridized carbons (Fsp3) is 0.250. The second kappa shape index (κ2) is 6.19. The van der Waals surface area contributed by atoms with Gasteiger partial charge in [0.25, 0.3) is 0 Å². The van der Waals surface area contributed by atoms with Crippen molar-refractivity contribution in [2.75, 3.05) is 0 Å². The lowest BCUT2D eigenvalue weighted by atomic mass is 10.1. The number of nitrogens with one attached hydrogen (secondary N) is 2. The summed E-state index contributed by atoms with van der Waals surface area (Å²) in [6, 6.07) is 7.51. The molecule has 0 aliphatic rings. The monoisotopic (exact) mass is 315 g/mol. The Morgan fingerprint density at radius 2 is 2.23 bits per heavy atom. The molecule has 3 rings (SSSR count). The number of benzene rings is 1. The topological polar surface area (TPSA) is 67.2 Å². The van der Waals surface area contributed by atoms with E-state index in [4.69, 9.17) is 4.42 Å². The maximum atomic E-state index is 12.0. The molecule has 3 aromatic rings. The van der Waals surface area contributed by atoms with E-state index in [1.807, 2.05) is 43.5 Å². The number of aryl methyl sites for hydroxylation is 1. The van der Waals surface area contributed by atoms with E-state index in [2.05, 4.69) is 15.6 Å². The molecule has 0 saturated carbocycles. The SMILES string of the molecule is Cc1c(CNC(=O)NC(C)c2nccs2)oc2ccccc12. The van der Waals surface area contributed by atoms with E-state index in [1.165, 1.54) is 11.3 Å².